The Balaban J connectivity index is 1.87. The number of nitrogens with one attached hydrogen (secondary N) is 1. The van der Waals surface area contributed by atoms with Crippen LogP contribution in [0.15, 0.2) is 36.7 Å². The van der Waals surface area contributed by atoms with Crippen LogP contribution >= 0.6 is 11.3 Å². The Morgan fingerprint density at radius 1 is 1.28 bits per heavy atom. The molecule has 1 N–H and O–H groups in total. The molecule has 0 atom stereocenters. The molecule has 3 rings (SSSR count). The Morgan fingerprint density at radius 3 is 3.06 bits per heavy atom. The highest BCUT2D eigenvalue weighted by atomic mass is 32.1. The topological polar surface area (TPSA) is 42.7 Å². The highest BCUT2D eigenvalue weighted by Gasteiger charge is 2.05. The van der Waals surface area contributed by atoms with E-state index in [0.29, 0.717) is 0 Å². The lowest BCUT2D eigenvalue weighted by Crippen LogP contribution is -1.99. The van der Waals surface area contributed by atoms with Crippen LogP contribution in [-0.4, -0.2) is 21.3 Å². The standard InChI is InChI=1S/C13H14N4S/c1-2-14-13-15-8-11(18-13)9-17-12-6-4-3-5-10(12)7-16-17/h3-8H,2,9H2,1H3,(H,14,15). The molecule has 1 aromatic carbocycles. The summed E-state index contributed by atoms with van der Waals surface area (Å²) < 4.78 is 2.01. The van der Waals surface area contributed by atoms with Crippen molar-refractivity contribution in [2.45, 2.75) is 13.5 Å². The average Bonchev–Trinajstić information content (AvgIpc) is 2.99. The van der Waals surface area contributed by atoms with E-state index in [2.05, 4.69) is 34.5 Å². The lowest BCUT2D eigenvalue weighted by atomic mass is 10.2. The van der Waals surface area contributed by atoms with Crippen LogP contribution in [0.4, 0.5) is 5.13 Å². The van der Waals surface area contributed by atoms with Crippen molar-refractivity contribution in [3.8, 4) is 0 Å². The van der Waals surface area contributed by atoms with Crippen molar-refractivity contribution < 1.29 is 0 Å². The third-order valence-electron chi connectivity index (χ3n) is 2.74. The van der Waals surface area contributed by atoms with Crippen LogP contribution in [0.5, 0.6) is 0 Å². The Bertz CT molecular complexity index is 656. The first-order valence-electron chi connectivity index (χ1n) is 5.96. The molecule has 92 valence electrons. The van der Waals surface area contributed by atoms with Crippen molar-refractivity contribution in [1.29, 1.82) is 0 Å². The third-order valence-corrected chi connectivity index (χ3v) is 3.68. The molecular formula is C13H14N4S. The molecule has 18 heavy (non-hydrogen) atoms. The van der Waals surface area contributed by atoms with Gasteiger partial charge in [0, 0.05) is 23.0 Å². The number of hydrogen-bond acceptors (Lipinski definition) is 4. The van der Waals surface area contributed by atoms with Gasteiger partial charge >= 0.3 is 0 Å². The van der Waals surface area contributed by atoms with Gasteiger partial charge in [-0.05, 0) is 13.0 Å². The number of nitrogens with zero attached hydrogens (tertiary/aromatic N) is 3. The van der Waals surface area contributed by atoms with E-state index in [9.17, 15) is 0 Å². The summed E-state index contributed by atoms with van der Waals surface area (Å²) in [5.74, 6) is 0. The molecule has 0 fully saturated rings. The van der Waals surface area contributed by atoms with Gasteiger partial charge in [-0.15, -0.1) is 11.3 Å². The second-order valence-corrected chi connectivity index (χ2v) is 5.14. The Morgan fingerprint density at radius 2 is 2.17 bits per heavy atom. The second-order valence-electron chi connectivity index (χ2n) is 4.02. The first-order chi connectivity index (χ1) is 8.86. The van der Waals surface area contributed by atoms with E-state index in [1.54, 1.807) is 11.3 Å². The highest BCUT2D eigenvalue weighted by molar-refractivity contribution is 7.15. The van der Waals surface area contributed by atoms with E-state index < -0.39 is 0 Å². The van der Waals surface area contributed by atoms with E-state index in [1.165, 1.54) is 10.3 Å². The number of fused-ring (bicyclic) bond motifs is 1. The summed E-state index contributed by atoms with van der Waals surface area (Å²) in [6.07, 6.45) is 3.82. The third kappa shape index (κ3) is 2.09. The second kappa shape index (κ2) is 4.78. The number of hydrogen-bond donors (Lipinski definition) is 1. The molecule has 2 aromatic heterocycles. The van der Waals surface area contributed by atoms with Crippen molar-refractivity contribution in [2.75, 3.05) is 11.9 Å². The Labute approximate surface area is 109 Å². The molecule has 0 spiro atoms. The van der Waals surface area contributed by atoms with Crippen LogP contribution in [0.3, 0.4) is 0 Å². The Hall–Kier alpha value is -1.88. The van der Waals surface area contributed by atoms with Crippen LogP contribution in [0.1, 0.15) is 11.8 Å². The molecule has 0 bridgehead atoms. The maximum atomic E-state index is 4.42. The monoisotopic (exact) mass is 258 g/mol. The van der Waals surface area contributed by atoms with Crippen LogP contribution in [0.25, 0.3) is 10.9 Å². The van der Waals surface area contributed by atoms with Crippen LogP contribution < -0.4 is 5.32 Å². The molecule has 4 nitrogen and oxygen atoms in total. The molecule has 2 heterocycles. The largest absolute Gasteiger partial charge is 0.362 e. The minimum absolute atomic E-state index is 0.774. The molecular weight excluding hydrogens is 244 g/mol. The van der Waals surface area contributed by atoms with Crippen molar-refractivity contribution >= 4 is 27.4 Å². The van der Waals surface area contributed by atoms with Gasteiger partial charge in [0.2, 0.25) is 0 Å². The molecule has 0 aliphatic heterocycles. The number of rotatable bonds is 4. The fraction of sp³-hybridized carbons (Fsp3) is 0.231. The molecule has 0 aliphatic rings. The summed E-state index contributed by atoms with van der Waals surface area (Å²) in [5.41, 5.74) is 1.16. The van der Waals surface area contributed by atoms with Crippen molar-refractivity contribution in [3.63, 3.8) is 0 Å². The normalized spacial score (nSPS) is 10.9. The summed E-state index contributed by atoms with van der Waals surface area (Å²) >= 11 is 1.68. The number of anilines is 1. The van der Waals surface area contributed by atoms with Gasteiger partial charge in [0.05, 0.1) is 18.3 Å². The summed E-state index contributed by atoms with van der Waals surface area (Å²) in [5, 5.41) is 9.79. The van der Waals surface area contributed by atoms with E-state index in [4.69, 9.17) is 0 Å². The smallest absolute Gasteiger partial charge is 0.182 e. The number of benzene rings is 1. The van der Waals surface area contributed by atoms with Crippen molar-refractivity contribution in [2.24, 2.45) is 0 Å². The minimum atomic E-state index is 0.774. The molecule has 0 amide bonds. The average molecular weight is 258 g/mol. The van der Waals surface area contributed by atoms with Crippen LogP contribution in [0, 0.1) is 0 Å². The predicted molar refractivity (Wildman–Crippen MR) is 75.1 cm³/mol. The zero-order valence-corrected chi connectivity index (χ0v) is 10.9. The van der Waals surface area contributed by atoms with Crippen LogP contribution in [-0.2, 0) is 6.54 Å². The van der Waals surface area contributed by atoms with Crippen molar-refractivity contribution in [3.05, 3.63) is 41.5 Å². The van der Waals surface area contributed by atoms with Crippen LogP contribution in [0.2, 0.25) is 0 Å². The molecule has 0 saturated heterocycles. The van der Waals surface area contributed by atoms with Gasteiger partial charge in [-0.3, -0.25) is 4.68 Å². The zero-order valence-electron chi connectivity index (χ0n) is 10.1. The van der Waals surface area contributed by atoms with Gasteiger partial charge in [-0.1, -0.05) is 18.2 Å². The molecule has 0 saturated carbocycles. The molecule has 0 aliphatic carbocycles. The van der Waals surface area contributed by atoms with Gasteiger partial charge < -0.3 is 5.32 Å². The number of para-hydroxylation sites is 1. The van der Waals surface area contributed by atoms with Crippen molar-refractivity contribution in [1.82, 2.24) is 14.8 Å². The molecule has 0 radical (unpaired) electrons. The van der Waals surface area contributed by atoms with E-state index in [-0.39, 0.29) is 0 Å². The maximum Gasteiger partial charge on any atom is 0.182 e. The fourth-order valence-electron chi connectivity index (χ4n) is 1.91. The molecule has 0 unspecified atom stereocenters. The summed E-state index contributed by atoms with van der Waals surface area (Å²) in [7, 11) is 0. The summed E-state index contributed by atoms with van der Waals surface area (Å²) in [4.78, 5) is 5.54. The quantitative estimate of drug-likeness (QED) is 0.782. The lowest BCUT2D eigenvalue weighted by Gasteiger charge is -2.00. The minimum Gasteiger partial charge on any atom is -0.362 e. The molecule has 3 aromatic rings. The number of thiazole rings is 1. The summed E-state index contributed by atoms with van der Waals surface area (Å²) in [6, 6.07) is 8.24. The van der Waals surface area contributed by atoms with Gasteiger partial charge in [0.1, 0.15) is 0 Å². The van der Waals surface area contributed by atoms with E-state index >= 15 is 0 Å². The first-order valence-corrected chi connectivity index (χ1v) is 6.77. The zero-order chi connectivity index (χ0) is 12.4. The van der Waals surface area contributed by atoms with Gasteiger partial charge in [-0.25, -0.2) is 4.98 Å². The van der Waals surface area contributed by atoms with E-state index in [0.717, 1.165) is 23.7 Å². The van der Waals surface area contributed by atoms with Gasteiger partial charge in [0.25, 0.3) is 0 Å². The number of aromatic nitrogens is 3. The van der Waals surface area contributed by atoms with E-state index in [1.807, 2.05) is 29.2 Å². The predicted octanol–water partition coefficient (Wildman–Crippen LogP) is 2.97. The first kappa shape index (κ1) is 11.2. The fourth-order valence-corrected chi connectivity index (χ4v) is 2.78. The Kier molecular flexibility index (Phi) is 2.98. The maximum absolute atomic E-state index is 4.42. The summed E-state index contributed by atoms with van der Waals surface area (Å²) in [6.45, 7) is 3.75. The molecule has 5 heteroatoms. The lowest BCUT2D eigenvalue weighted by molar-refractivity contribution is 0.719. The highest BCUT2D eigenvalue weighted by Crippen LogP contribution is 2.20. The van der Waals surface area contributed by atoms with Gasteiger partial charge in [0.15, 0.2) is 5.13 Å². The SMILES string of the molecule is CCNc1ncc(Cn2ncc3ccccc32)s1. The van der Waals surface area contributed by atoms with Gasteiger partial charge in [-0.2, -0.15) is 5.10 Å².